The number of carbonyl (C=O) groups excluding carboxylic acids is 1. The predicted molar refractivity (Wildman–Crippen MR) is 77.6 cm³/mol. The van der Waals surface area contributed by atoms with Crippen LogP contribution >= 0.6 is 0 Å². The zero-order valence-electron chi connectivity index (χ0n) is 11.5. The van der Waals surface area contributed by atoms with E-state index >= 15 is 0 Å². The summed E-state index contributed by atoms with van der Waals surface area (Å²) in [5, 5.41) is 28.7. The molecule has 6 heteroatoms. The number of ether oxygens (including phenoxy) is 1. The maximum atomic E-state index is 10.9. The second-order valence-electron chi connectivity index (χ2n) is 3.93. The number of hydrogen-bond acceptors (Lipinski definition) is 5. The Balaban J connectivity index is 0.000000235. The van der Waals surface area contributed by atoms with Crippen molar-refractivity contribution in [2.45, 2.75) is 6.92 Å². The van der Waals surface area contributed by atoms with Gasteiger partial charge in [-0.15, -0.1) is 0 Å². The van der Waals surface area contributed by atoms with Gasteiger partial charge in [0.05, 0.1) is 0 Å². The lowest BCUT2D eigenvalue weighted by molar-refractivity contribution is 0.201. The molecule has 2 aromatic carbocycles. The summed E-state index contributed by atoms with van der Waals surface area (Å²) in [5.41, 5.74) is 0. The third-order valence-electron chi connectivity index (χ3n) is 2.22. The van der Waals surface area contributed by atoms with Crippen molar-refractivity contribution in [3.05, 3.63) is 48.5 Å². The Kier molecular flexibility index (Phi) is 6.40. The highest BCUT2D eigenvalue weighted by atomic mass is 16.6. The summed E-state index contributed by atoms with van der Waals surface area (Å²) in [6.07, 6.45) is -0.492. The smallest absolute Gasteiger partial charge is 0.412 e. The fraction of sp³-hybridized carbons (Fsp3) is 0.133. The van der Waals surface area contributed by atoms with Crippen molar-refractivity contribution in [1.82, 2.24) is 5.32 Å². The number of carbonyl (C=O) groups is 1. The van der Waals surface area contributed by atoms with Crippen LogP contribution in [0.5, 0.6) is 23.0 Å². The van der Waals surface area contributed by atoms with Gasteiger partial charge in [0, 0.05) is 6.54 Å². The van der Waals surface area contributed by atoms with Crippen LogP contribution in [0.3, 0.4) is 0 Å². The van der Waals surface area contributed by atoms with E-state index in [4.69, 9.17) is 20.1 Å². The maximum Gasteiger partial charge on any atom is 0.412 e. The summed E-state index contributed by atoms with van der Waals surface area (Å²) in [5.74, 6) is 0.887. The molecular weight excluding hydrogens is 274 g/mol. The lowest BCUT2D eigenvalue weighted by Gasteiger charge is -2.03. The minimum atomic E-state index is -0.492. The van der Waals surface area contributed by atoms with Gasteiger partial charge in [-0.1, -0.05) is 0 Å². The average molecular weight is 291 g/mol. The van der Waals surface area contributed by atoms with Crippen LogP contribution in [0.2, 0.25) is 0 Å². The van der Waals surface area contributed by atoms with Gasteiger partial charge in [-0.3, -0.25) is 0 Å². The van der Waals surface area contributed by atoms with E-state index in [2.05, 4.69) is 5.32 Å². The molecule has 4 N–H and O–H groups in total. The zero-order valence-corrected chi connectivity index (χ0v) is 11.5. The van der Waals surface area contributed by atoms with Crippen molar-refractivity contribution in [2.24, 2.45) is 0 Å². The predicted octanol–water partition coefficient (Wildman–Crippen LogP) is 2.60. The summed E-state index contributed by atoms with van der Waals surface area (Å²) in [6.45, 7) is 2.33. The quantitative estimate of drug-likeness (QED) is 0.637. The molecule has 2 aromatic rings. The highest BCUT2D eigenvalue weighted by Gasteiger charge is 2.01. The first-order valence-corrected chi connectivity index (χ1v) is 6.24. The number of aromatic hydroxyl groups is 3. The minimum Gasteiger partial charge on any atom is -0.508 e. The van der Waals surface area contributed by atoms with Crippen molar-refractivity contribution >= 4 is 6.09 Å². The van der Waals surface area contributed by atoms with Crippen LogP contribution in [0, 0.1) is 0 Å². The molecule has 0 fully saturated rings. The van der Waals surface area contributed by atoms with Crippen LogP contribution in [0.4, 0.5) is 4.79 Å². The number of phenolic OH excluding ortho intramolecular Hbond substituents is 3. The summed E-state index contributed by atoms with van der Waals surface area (Å²) in [7, 11) is 0. The van der Waals surface area contributed by atoms with E-state index in [-0.39, 0.29) is 17.2 Å². The third kappa shape index (κ3) is 6.72. The van der Waals surface area contributed by atoms with E-state index in [1.54, 1.807) is 6.92 Å². The Morgan fingerprint density at radius 2 is 1.29 bits per heavy atom. The first kappa shape index (κ1) is 16.2. The van der Waals surface area contributed by atoms with Crippen molar-refractivity contribution in [2.75, 3.05) is 6.54 Å². The summed E-state index contributed by atoms with van der Waals surface area (Å²) in [4.78, 5) is 10.9. The number of phenols is 3. The van der Waals surface area contributed by atoms with E-state index in [0.717, 1.165) is 0 Å². The number of hydrogen-bond donors (Lipinski definition) is 4. The number of nitrogens with one attached hydrogen (secondary N) is 1. The largest absolute Gasteiger partial charge is 0.508 e. The van der Waals surface area contributed by atoms with Gasteiger partial charge in [0.15, 0.2) is 0 Å². The summed E-state index contributed by atoms with van der Waals surface area (Å²) >= 11 is 0. The Bertz CT molecular complexity index is 530. The Labute approximate surface area is 122 Å². The molecule has 0 aliphatic rings. The normalized spacial score (nSPS) is 9.19. The van der Waals surface area contributed by atoms with Crippen LogP contribution in [-0.2, 0) is 0 Å². The van der Waals surface area contributed by atoms with E-state index < -0.39 is 6.09 Å². The standard InChI is InChI=1S/C9H11NO3.C6H6O2/c1-2-10-9(12)13-8-5-3-7(11)4-6-8;7-5-1-2-6(8)4-3-5/h3-6,11H,2H2,1H3,(H,10,12);1-4,7-8H. The van der Waals surface area contributed by atoms with Gasteiger partial charge in [-0.25, -0.2) is 4.79 Å². The number of benzene rings is 2. The van der Waals surface area contributed by atoms with E-state index in [1.807, 2.05) is 0 Å². The molecule has 0 aromatic heterocycles. The average Bonchev–Trinajstić information content (AvgIpc) is 2.46. The summed E-state index contributed by atoms with van der Waals surface area (Å²) < 4.78 is 4.85. The Morgan fingerprint density at radius 1 is 0.905 bits per heavy atom. The van der Waals surface area contributed by atoms with Gasteiger partial charge >= 0.3 is 6.09 Å². The molecule has 6 nitrogen and oxygen atoms in total. The van der Waals surface area contributed by atoms with Crippen molar-refractivity contribution in [3.8, 4) is 23.0 Å². The van der Waals surface area contributed by atoms with Gasteiger partial charge in [-0.05, 0) is 55.5 Å². The second-order valence-corrected chi connectivity index (χ2v) is 3.93. The molecule has 0 saturated carbocycles. The SMILES string of the molecule is CCNC(=O)Oc1ccc(O)cc1.Oc1ccc(O)cc1. The highest BCUT2D eigenvalue weighted by Crippen LogP contribution is 2.15. The van der Waals surface area contributed by atoms with Crippen LogP contribution in [-0.4, -0.2) is 28.0 Å². The van der Waals surface area contributed by atoms with Crippen molar-refractivity contribution in [1.29, 1.82) is 0 Å². The summed E-state index contributed by atoms with van der Waals surface area (Å²) in [6, 6.07) is 11.6. The monoisotopic (exact) mass is 291 g/mol. The van der Waals surface area contributed by atoms with E-state index in [9.17, 15) is 4.79 Å². The molecule has 2 rings (SSSR count). The molecule has 0 bridgehead atoms. The third-order valence-corrected chi connectivity index (χ3v) is 2.22. The van der Waals surface area contributed by atoms with Crippen LogP contribution in [0.15, 0.2) is 48.5 Å². The molecule has 0 spiro atoms. The van der Waals surface area contributed by atoms with Gasteiger partial charge in [0.1, 0.15) is 23.0 Å². The molecule has 112 valence electrons. The Hall–Kier alpha value is -2.89. The lowest BCUT2D eigenvalue weighted by Crippen LogP contribution is -2.26. The van der Waals surface area contributed by atoms with Crippen LogP contribution < -0.4 is 10.1 Å². The fourth-order valence-electron chi connectivity index (χ4n) is 1.25. The molecule has 0 radical (unpaired) electrons. The highest BCUT2D eigenvalue weighted by molar-refractivity contribution is 5.70. The van der Waals surface area contributed by atoms with Crippen molar-refractivity contribution in [3.63, 3.8) is 0 Å². The van der Waals surface area contributed by atoms with Gasteiger partial charge in [0.2, 0.25) is 0 Å². The maximum absolute atomic E-state index is 10.9. The second kappa shape index (κ2) is 8.31. The molecular formula is C15H17NO5. The molecule has 0 atom stereocenters. The molecule has 0 aliphatic carbocycles. The van der Waals surface area contributed by atoms with E-state index in [0.29, 0.717) is 12.3 Å². The van der Waals surface area contributed by atoms with Crippen molar-refractivity contribution < 1.29 is 24.9 Å². The van der Waals surface area contributed by atoms with Gasteiger partial charge in [-0.2, -0.15) is 0 Å². The zero-order chi connectivity index (χ0) is 15.7. The Morgan fingerprint density at radius 3 is 1.67 bits per heavy atom. The molecule has 0 heterocycles. The number of rotatable bonds is 2. The fourth-order valence-corrected chi connectivity index (χ4v) is 1.25. The molecule has 0 saturated heterocycles. The van der Waals surface area contributed by atoms with Gasteiger partial charge < -0.3 is 25.4 Å². The van der Waals surface area contributed by atoms with Crippen LogP contribution in [0.25, 0.3) is 0 Å². The molecule has 0 aliphatic heterocycles. The first-order chi connectivity index (χ1) is 10.0. The van der Waals surface area contributed by atoms with Gasteiger partial charge in [0.25, 0.3) is 0 Å². The first-order valence-electron chi connectivity index (χ1n) is 6.24. The van der Waals surface area contributed by atoms with Crippen LogP contribution in [0.1, 0.15) is 6.92 Å². The minimum absolute atomic E-state index is 0.142. The number of amides is 1. The lowest BCUT2D eigenvalue weighted by atomic mass is 10.3. The molecule has 0 unspecified atom stereocenters. The molecule has 21 heavy (non-hydrogen) atoms. The molecule has 1 amide bonds. The topological polar surface area (TPSA) is 99.0 Å². The van der Waals surface area contributed by atoms with E-state index in [1.165, 1.54) is 48.5 Å².